The molecule has 0 spiro atoms. The van der Waals surface area contributed by atoms with Crippen LogP contribution in [0.2, 0.25) is 0 Å². The van der Waals surface area contributed by atoms with Gasteiger partial charge in [-0.15, -0.1) is 0 Å². The average molecular weight is 287 g/mol. The van der Waals surface area contributed by atoms with Gasteiger partial charge in [0.1, 0.15) is 5.76 Å². The van der Waals surface area contributed by atoms with E-state index in [-0.39, 0.29) is 11.1 Å². The van der Waals surface area contributed by atoms with Gasteiger partial charge in [0.05, 0.1) is 10.5 Å². The van der Waals surface area contributed by atoms with E-state index < -0.39 is 10.9 Å². The third-order valence-electron chi connectivity index (χ3n) is 4.94. The second kappa shape index (κ2) is 4.69. The number of non-ortho nitro benzene ring substituents is 1. The predicted molar refractivity (Wildman–Crippen MR) is 76.6 cm³/mol. The number of carbonyl (C=O) groups excluding carboxylic acids is 1. The molecule has 4 rings (SSSR count). The molecule has 0 aliphatic heterocycles. The van der Waals surface area contributed by atoms with E-state index in [9.17, 15) is 14.9 Å². The summed E-state index contributed by atoms with van der Waals surface area (Å²) in [6.45, 7) is 4.41. The van der Waals surface area contributed by atoms with Gasteiger partial charge in [-0.1, -0.05) is 13.8 Å². The molecule has 1 aromatic carbocycles. The zero-order valence-corrected chi connectivity index (χ0v) is 12.0. The predicted octanol–water partition coefficient (Wildman–Crippen LogP) is 3.70. The van der Waals surface area contributed by atoms with E-state index in [1.807, 2.05) is 6.08 Å². The number of nitro groups is 1. The molecule has 0 N–H and O–H groups in total. The Morgan fingerprint density at radius 2 is 2.00 bits per heavy atom. The number of benzene rings is 1. The van der Waals surface area contributed by atoms with Gasteiger partial charge in [-0.25, -0.2) is 4.79 Å². The Morgan fingerprint density at radius 3 is 2.52 bits per heavy atom. The van der Waals surface area contributed by atoms with E-state index in [4.69, 9.17) is 4.74 Å². The van der Waals surface area contributed by atoms with Gasteiger partial charge in [0.2, 0.25) is 0 Å². The molecule has 2 bridgehead atoms. The van der Waals surface area contributed by atoms with Gasteiger partial charge in [0.25, 0.3) is 5.69 Å². The normalized spacial score (nSPS) is 25.5. The Kier molecular flexibility index (Phi) is 3.08. The number of esters is 1. The molecule has 0 heterocycles. The summed E-state index contributed by atoms with van der Waals surface area (Å²) in [5, 5.41) is 10.6. The molecular formula is C16H17NO4. The standard InChI is InChI=1S/C16H17NO4/c1-16(2)11-5-8-14(13(16)9-11)21-15(18)10-3-6-12(7-4-10)17(19)20/h3-4,6-8,11,13H,5,9H2,1-2H3/t11-,13-/m0/s1. The SMILES string of the molecule is CC1(C)[C@H]2CC=C(OC(=O)c3ccc([N+](=O)[O-])cc3)[C@@H]1C2. The molecular weight excluding hydrogens is 270 g/mol. The van der Waals surface area contributed by atoms with E-state index in [0.717, 1.165) is 18.6 Å². The van der Waals surface area contributed by atoms with Crippen molar-refractivity contribution < 1.29 is 14.5 Å². The monoisotopic (exact) mass is 287 g/mol. The van der Waals surface area contributed by atoms with E-state index in [1.165, 1.54) is 24.3 Å². The number of rotatable bonds is 3. The molecule has 1 fully saturated rings. The molecule has 110 valence electrons. The van der Waals surface area contributed by atoms with Crippen LogP contribution in [-0.4, -0.2) is 10.9 Å². The van der Waals surface area contributed by atoms with Crippen LogP contribution in [-0.2, 0) is 4.74 Å². The van der Waals surface area contributed by atoms with Crippen LogP contribution in [0.5, 0.6) is 0 Å². The van der Waals surface area contributed by atoms with E-state index in [2.05, 4.69) is 13.8 Å². The van der Waals surface area contributed by atoms with Crippen molar-refractivity contribution in [3.63, 3.8) is 0 Å². The van der Waals surface area contributed by atoms with Gasteiger partial charge < -0.3 is 4.74 Å². The maximum atomic E-state index is 12.1. The van der Waals surface area contributed by atoms with Crippen LogP contribution in [0.1, 0.15) is 37.0 Å². The Balaban J connectivity index is 1.72. The van der Waals surface area contributed by atoms with Crippen molar-refractivity contribution in [3.8, 4) is 0 Å². The second-order valence-corrected chi connectivity index (χ2v) is 6.34. The maximum absolute atomic E-state index is 12.1. The lowest BCUT2D eigenvalue weighted by Crippen LogP contribution is -2.48. The van der Waals surface area contributed by atoms with Gasteiger partial charge in [0, 0.05) is 18.1 Å². The van der Waals surface area contributed by atoms with Crippen LogP contribution in [0.3, 0.4) is 0 Å². The molecule has 0 unspecified atom stereocenters. The van der Waals surface area contributed by atoms with Gasteiger partial charge in [-0.3, -0.25) is 10.1 Å². The number of hydrogen-bond donors (Lipinski definition) is 0. The molecule has 2 atom stereocenters. The molecule has 1 aromatic rings. The lowest BCUT2D eigenvalue weighted by Gasteiger charge is -2.55. The average Bonchev–Trinajstić information content (AvgIpc) is 2.47. The van der Waals surface area contributed by atoms with Crippen LogP contribution in [0, 0.1) is 27.4 Å². The zero-order chi connectivity index (χ0) is 15.2. The number of nitro benzene ring substituents is 1. The van der Waals surface area contributed by atoms with Gasteiger partial charge in [0.15, 0.2) is 0 Å². The fourth-order valence-electron chi connectivity index (χ4n) is 3.30. The van der Waals surface area contributed by atoms with Crippen molar-refractivity contribution in [2.45, 2.75) is 26.7 Å². The first-order valence-electron chi connectivity index (χ1n) is 7.06. The molecule has 0 radical (unpaired) electrons. The number of nitrogens with zero attached hydrogens (tertiary/aromatic N) is 1. The zero-order valence-electron chi connectivity index (χ0n) is 12.0. The molecule has 0 amide bonds. The van der Waals surface area contributed by atoms with Crippen molar-refractivity contribution in [1.82, 2.24) is 0 Å². The van der Waals surface area contributed by atoms with E-state index in [1.54, 1.807) is 0 Å². The van der Waals surface area contributed by atoms with Gasteiger partial charge >= 0.3 is 5.97 Å². The van der Waals surface area contributed by atoms with E-state index >= 15 is 0 Å². The van der Waals surface area contributed by atoms with Gasteiger partial charge in [-0.2, -0.15) is 0 Å². The molecule has 3 aliphatic rings. The van der Waals surface area contributed by atoms with Crippen molar-refractivity contribution in [2.75, 3.05) is 0 Å². The van der Waals surface area contributed by atoms with Crippen molar-refractivity contribution in [3.05, 3.63) is 51.8 Å². The Morgan fingerprint density at radius 1 is 1.33 bits per heavy atom. The first kappa shape index (κ1) is 13.8. The van der Waals surface area contributed by atoms with Crippen LogP contribution in [0.15, 0.2) is 36.1 Å². The van der Waals surface area contributed by atoms with Gasteiger partial charge in [-0.05, 0) is 42.4 Å². The number of hydrogen-bond acceptors (Lipinski definition) is 4. The number of ether oxygens (including phenoxy) is 1. The summed E-state index contributed by atoms with van der Waals surface area (Å²) in [7, 11) is 0. The first-order chi connectivity index (χ1) is 9.89. The highest BCUT2D eigenvalue weighted by molar-refractivity contribution is 5.90. The van der Waals surface area contributed by atoms with Crippen LogP contribution in [0.4, 0.5) is 5.69 Å². The lowest BCUT2D eigenvalue weighted by molar-refractivity contribution is -0.384. The number of carbonyl (C=O) groups is 1. The summed E-state index contributed by atoms with van der Waals surface area (Å²) in [5.74, 6) is 1.30. The Hall–Kier alpha value is -2.17. The summed E-state index contributed by atoms with van der Waals surface area (Å²) < 4.78 is 5.52. The number of allylic oxidation sites excluding steroid dienone is 2. The van der Waals surface area contributed by atoms with E-state index in [0.29, 0.717) is 17.4 Å². The van der Waals surface area contributed by atoms with Crippen LogP contribution in [0.25, 0.3) is 0 Å². The molecule has 3 aliphatic carbocycles. The topological polar surface area (TPSA) is 69.4 Å². The quantitative estimate of drug-likeness (QED) is 0.483. The Bertz CT molecular complexity index is 630. The summed E-state index contributed by atoms with van der Waals surface area (Å²) in [4.78, 5) is 22.2. The molecule has 5 heteroatoms. The highest BCUT2D eigenvalue weighted by atomic mass is 16.6. The minimum Gasteiger partial charge on any atom is -0.427 e. The van der Waals surface area contributed by atoms with Crippen molar-refractivity contribution >= 4 is 11.7 Å². The molecule has 0 aromatic heterocycles. The highest BCUT2D eigenvalue weighted by Gasteiger charge is 2.52. The molecule has 0 saturated heterocycles. The fraction of sp³-hybridized carbons (Fsp3) is 0.438. The summed E-state index contributed by atoms with van der Waals surface area (Å²) in [5.41, 5.74) is 0.493. The first-order valence-corrected chi connectivity index (χ1v) is 7.06. The molecule has 21 heavy (non-hydrogen) atoms. The molecule has 5 nitrogen and oxygen atoms in total. The largest absolute Gasteiger partial charge is 0.427 e. The minimum atomic E-state index is -0.490. The smallest absolute Gasteiger partial charge is 0.343 e. The minimum absolute atomic E-state index is 0.0357. The maximum Gasteiger partial charge on any atom is 0.343 e. The summed E-state index contributed by atoms with van der Waals surface area (Å²) in [6, 6.07) is 5.49. The third-order valence-corrected chi connectivity index (χ3v) is 4.94. The summed E-state index contributed by atoms with van der Waals surface area (Å²) >= 11 is 0. The highest BCUT2D eigenvalue weighted by Crippen LogP contribution is 2.59. The second-order valence-electron chi connectivity index (χ2n) is 6.34. The lowest BCUT2D eigenvalue weighted by atomic mass is 9.50. The fourth-order valence-corrected chi connectivity index (χ4v) is 3.30. The Labute approximate surface area is 122 Å². The third kappa shape index (κ3) is 2.22. The van der Waals surface area contributed by atoms with Crippen LogP contribution >= 0.6 is 0 Å². The number of fused-ring (bicyclic) bond motifs is 1. The summed E-state index contributed by atoms with van der Waals surface area (Å²) in [6.07, 6.45) is 4.03. The molecule has 1 saturated carbocycles. The van der Waals surface area contributed by atoms with Crippen molar-refractivity contribution in [1.29, 1.82) is 0 Å². The van der Waals surface area contributed by atoms with Crippen molar-refractivity contribution in [2.24, 2.45) is 17.3 Å². The van der Waals surface area contributed by atoms with Crippen LogP contribution < -0.4 is 0 Å².